The third-order valence-corrected chi connectivity index (χ3v) is 6.46. The molecule has 0 unspecified atom stereocenters. The smallest absolute Gasteiger partial charge is 0.223 e. The summed E-state index contributed by atoms with van der Waals surface area (Å²) in [5, 5.41) is 8.73. The molecule has 2 heterocycles. The second kappa shape index (κ2) is 5.97. The number of nitrogens with zero attached hydrogens (tertiary/aromatic N) is 4. The highest BCUT2D eigenvalue weighted by Gasteiger charge is 2.41. The van der Waals surface area contributed by atoms with Crippen LogP contribution in [0.25, 0.3) is 11.4 Å². The van der Waals surface area contributed by atoms with E-state index >= 15 is 0 Å². The highest BCUT2D eigenvalue weighted by molar-refractivity contribution is 5.76. The predicted octanol–water partition coefficient (Wildman–Crippen LogP) is 3.11. The van der Waals surface area contributed by atoms with E-state index in [1.54, 1.807) is 0 Å². The van der Waals surface area contributed by atoms with Crippen LogP contribution in [0.5, 0.6) is 0 Å². The Hall–Kier alpha value is -2.17. The van der Waals surface area contributed by atoms with Crippen LogP contribution in [0.2, 0.25) is 0 Å². The second-order valence-corrected chi connectivity index (χ2v) is 7.91. The minimum atomic E-state index is 0.313. The summed E-state index contributed by atoms with van der Waals surface area (Å²) in [5.41, 5.74) is 1.09. The SMILES string of the molecule is O=C(C[C@@H]1C[C@@H]2CC[C@@H]1C2)N1CCn2c(nnc2-c2ccccc2)C1. The number of benzene rings is 1. The Balaban J connectivity index is 1.28. The molecule has 130 valence electrons. The number of carbonyl (C=O) groups excluding carboxylic acids is 1. The third-order valence-electron chi connectivity index (χ3n) is 6.46. The molecule has 2 bridgehead atoms. The van der Waals surface area contributed by atoms with Crippen LogP contribution in [0.4, 0.5) is 0 Å². The van der Waals surface area contributed by atoms with Crippen LogP contribution in [0.1, 0.15) is 37.9 Å². The molecule has 2 aliphatic carbocycles. The molecule has 5 rings (SSSR count). The molecule has 5 heteroatoms. The van der Waals surface area contributed by atoms with Crippen molar-refractivity contribution in [3.8, 4) is 11.4 Å². The van der Waals surface area contributed by atoms with E-state index in [-0.39, 0.29) is 0 Å². The fourth-order valence-corrected chi connectivity index (χ4v) is 5.15. The molecule has 25 heavy (non-hydrogen) atoms. The van der Waals surface area contributed by atoms with Gasteiger partial charge in [-0.3, -0.25) is 4.79 Å². The van der Waals surface area contributed by atoms with Crippen LogP contribution in [0.3, 0.4) is 0 Å². The maximum Gasteiger partial charge on any atom is 0.223 e. The summed E-state index contributed by atoms with van der Waals surface area (Å²) in [6, 6.07) is 10.2. The van der Waals surface area contributed by atoms with Crippen molar-refractivity contribution in [3.63, 3.8) is 0 Å². The van der Waals surface area contributed by atoms with Crippen molar-refractivity contribution in [1.82, 2.24) is 19.7 Å². The van der Waals surface area contributed by atoms with Gasteiger partial charge in [-0.2, -0.15) is 0 Å². The van der Waals surface area contributed by atoms with Gasteiger partial charge >= 0.3 is 0 Å². The molecule has 1 aliphatic heterocycles. The molecule has 3 atom stereocenters. The normalized spacial score (nSPS) is 27.5. The van der Waals surface area contributed by atoms with Gasteiger partial charge in [-0.15, -0.1) is 10.2 Å². The summed E-state index contributed by atoms with van der Waals surface area (Å²) in [4.78, 5) is 14.8. The van der Waals surface area contributed by atoms with Crippen molar-refractivity contribution in [2.75, 3.05) is 6.54 Å². The van der Waals surface area contributed by atoms with E-state index in [0.29, 0.717) is 18.4 Å². The van der Waals surface area contributed by atoms with Crippen molar-refractivity contribution >= 4 is 5.91 Å². The van der Waals surface area contributed by atoms with E-state index in [2.05, 4.69) is 26.9 Å². The lowest BCUT2D eigenvalue weighted by atomic mass is 9.86. The first-order valence-corrected chi connectivity index (χ1v) is 9.53. The van der Waals surface area contributed by atoms with Gasteiger partial charge in [0.15, 0.2) is 11.6 Å². The molecule has 0 N–H and O–H groups in total. The van der Waals surface area contributed by atoms with Crippen molar-refractivity contribution < 1.29 is 4.79 Å². The van der Waals surface area contributed by atoms with Gasteiger partial charge in [-0.25, -0.2) is 0 Å². The predicted molar refractivity (Wildman–Crippen MR) is 94.4 cm³/mol. The Morgan fingerprint density at radius 2 is 1.96 bits per heavy atom. The van der Waals surface area contributed by atoms with E-state index in [4.69, 9.17) is 0 Å². The van der Waals surface area contributed by atoms with Crippen LogP contribution >= 0.6 is 0 Å². The number of aromatic nitrogens is 3. The van der Waals surface area contributed by atoms with Gasteiger partial charge in [0.2, 0.25) is 5.91 Å². The first-order chi connectivity index (χ1) is 12.3. The number of amides is 1. The van der Waals surface area contributed by atoms with Crippen molar-refractivity contribution in [2.24, 2.45) is 17.8 Å². The fraction of sp³-hybridized carbons (Fsp3) is 0.550. The van der Waals surface area contributed by atoms with E-state index < -0.39 is 0 Å². The topological polar surface area (TPSA) is 51.0 Å². The molecule has 3 aliphatic rings. The van der Waals surface area contributed by atoms with Crippen molar-refractivity contribution in [2.45, 2.75) is 45.2 Å². The molecule has 0 spiro atoms. The molecule has 1 amide bonds. The highest BCUT2D eigenvalue weighted by atomic mass is 16.2. The van der Waals surface area contributed by atoms with Gasteiger partial charge in [0.05, 0.1) is 6.54 Å². The van der Waals surface area contributed by atoms with Crippen LogP contribution in [0, 0.1) is 17.8 Å². The number of hydrogen-bond acceptors (Lipinski definition) is 3. The molecule has 2 fully saturated rings. The van der Waals surface area contributed by atoms with Gasteiger partial charge in [0.25, 0.3) is 0 Å². The molecular formula is C20H24N4O. The van der Waals surface area contributed by atoms with Crippen LogP contribution < -0.4 is 0 Å². The van der Waals surface area contributed by atoms with Gasteiger partial charge in [-0.05, 0) is 37.0 Å². The summed E-state index contributed by atoms with van der Waals surface area (Å²) in [7, 11) is 0. The first kappa shape index (κ1) is 15.1. The number of hydrogen-bond donors (Lipinski definition) is 0. The van der Waals surface area contributed by atoms with Gasteiger partial charge < -0.3 is 9.47 Å². The maximum atomic E-state index is 12.8. The zero-order valence-corrected chi connectivity index (χ0v) is 14.5. The van der Waals surface area contributed by atoms with Crippen LogP contribution in [-0.4, -0.2) is 32.1 Å². The number of fused-ring (bicyclic) bond motifs is 3. The van der Waals surface area contributed by atoms with E-state index in [1.165, 1.54) is 25.7 Å². The fourth-order valence-electron chi connectivity index (χ4n) is 5.15. The van der Waals surface area contributed by atoms with E-state index in [0.717, 1.165) is 48.6 Å². The number of carbonyl (C=O) groups is 1. The number of rotatable bonds is 3. The van der Waals surface area contributed by atoms with Crippen LogP contribution in [-0.2, 0) is 17.9 Å². The van der Waals surface area contributed by atoms with E-state index in [1.807, 2.05) is 23.1 Å². The maximum absolute atomic E-state index is 12.8. The molecule has 1 aromatic heterocycles. The lowest BCUT2D eigenvalue weighted by molar-refractivity contribution is -0.134. The minimum absolute atomic E-state index is 0.313. The monoisotopic (exact) mass is 336 g/mol. The first-order valence-electron chi connectivity index (χ1n) is 9.53. The van der Waals surface area contributed by atoms with Crippen molar-refractivity contribution in [1.29, 1.82) is 0 Å². The Morgan fingerprint density at radius 1 is 1.08 bits per heavy atom. The molecule has 2 aromatic rings. The van der Waals surface area contributed by atoms with Gasteiger partial charge in [0, 0.05) is 25.1 Å². The summed E-state index contributed by atoms with van der Waals surface area (Å²) < 4.78 is 2.16. The zero-order valence-electron chi connectivity index (χ0n) is 14.5. The van der Waals surface area contributed by atoms with E-state index in [9.17, 15) is 4.79 Å². The Labute approximate surface area is 148 Å². The largest absolute Gasteiger partial charge is 0.333 e. The molecule has 5 nitrogen and oxygen atoms in total. The average Bonchev–Trinajstić information content (AvgIpc) is 3.37. The standard InChI is InChI=1S/C20H24N4O/c25-19(12-17-11-14-6-7-16(17)10-14)23-8-9-24-18(13-23)21-22-20(24)15-4-2-1-3-5-15/h1-5,14,16-17H,6-13H2/t14-,16-,17+/m1/s1. The van der Waals surface area contributed by atoms with Crippen molar-refractivity contribution in [3.05, 3.63) is 36.2 Å². The molecule has 1 aromatic carbocycles. The summed E-state index contributed by atoms with van der Waals surface area (Å²) in [6.45, 7) is 2.15. The Kier molecular flexibility index (Phi) is 3.61. The highest BCUT2D eigenvalue weighted by Crippen LogP contribution is 2.49. The zero-order chi connectivity index (χ0) is 16.8. The lowest BCUT2D eigenvalue weighted by Gasteiger charge is -2.30. The minimum Gasteiger partial charge on any atom is -0.333 e. The summed E-state index contributed by atoms with van der Waals surface area (Å²) >= 11 is 0. The molecule has 0 saturated heterocycles. The second-order valence-electron chi connectivity index (χ2n) is 7.91. The Bertz CT molecular complexity index is 784. The molecule has 2 saturated carbocycles. The van der Waals surface area contributed by atoms with Gasteiger partial charge in [0.1, 0.15) is 0 Å². The third kappa shape index (κ3) is 2.66. The molecular weight excluding hydrogens is 312 g/mol. The quantitative estimate of drug-likeness (QED) is 0.865. The van der Waals surface area contributed by atoms with Gasteiger partial charge in [-0.1, -0.05) is 36.8 Å². The molecule has 0 radical (unpaired) electrons. The van der Waals surface area contributed by atoms with Crippen LogP contribution in [0.15, 0.2) is 30.3 Å². The lowest BCUT2D eigenvalue weighted by Crippen LogP contribution is -2.39. The Morgan fingerprint density at radius 3 is 2.72 bits per heavy atom. The summed E-state index contributed by atoms with van der Waals surface area (Å²) in [5.74, 6) is 4.48. The average molecular weight is 336 g/mol. The summed E-state index contributed by atoms with van der Waals surface area (Å²) in [6.07, 6.45) is 6.12.